The molecule has 18 heavy (non-hydrogen) atoms. The summed E-state index contributed by atoms with van der Waals surface area (Å²) < 4.78 is 26.5. The number of rotatable bonds is 3. The second-order valence-electron chi connectivity index (χ2n) is 4.44. The van der Waals surface area contributed by atoms with Crippen LogP contribution in [0.15, 0.2) is 16.3 Å². The summed E-state index contributed by atoms with van der Waals surface area (Å²) in [5.41, 5.74) is 0. The molecule has 0 spiro atoms. The van der Waals surface area contributed by atoms with Crippen molar-refractivity contribution in [2.75, 3.05) is 33.2 Å². The fourth-order valence-corrected chi connectivity index (χ4v) is 4.82. The lowest BCUT2D eigenvalue weighted by Crippen LogP contribution is -2.34. The lowest BCUT2D eigenvalue weighted by molar-refractivity contribution is 0.347. The Morgan fingerprint density at radius 3 is 2.78 bits per heavy atom. The molecule has 1 aromatic rings. The van der Waals surface area contributed by atoms with Crippen LogP contribution < -0.4 is 0 Å². The highest BCUT2D eigenvalue weighted by Crippen LogP contribution is 2.24. The van der Waals surface area contributed by atoms with E-state index in [0.29, 0.717) is 23.9 Å². The number of sulfonamides is 1. The maximum Gasteiger partial charge on any atom is 0.243 e. The molecule has 1 aliphatic rings. The summed E-state index contributed by atoms with van der Waals surface area (Å²) in [6.45, 7) is 2.89. The molecular formula is C11H17ClN2O2S2. The third-order valence-electron chi connectivity index (χ3n) is 3.08. The van der Waals surface area contributed by atoms with Crippen molar-refractivity contribution in [3.8, 4) is 0 Å². The van der Waals surface area contributed by atoms with Crippen LogP contribution in [0.1, 0.15) is 11.3 Å². The smallest absolute Gasteiger partial charge is 0.243 e. The van der Waals surface area contributed by atoms with Gasteiger partial charge in [0.25, 0.3) is 0 Å². The van der Waals surface area contributed by atoms with Crippen molar-refractivity contribution in [1.29, 1.82) is 0 Å². The number of hydrogen-bond donors (Lipinski definition) is 0. The Hall–Kier alpha value is -0.140. The highest BCUT2D eigenvalue weighted by Gasteiger charge is 2.26. The molecule has 0 atom stereocenters. The number of hydrogen-bond acceptors (Lipinski definition) is 4. The van der Waals surface area contributed by atoms with Gasteiger partial charge in [-0.25, -0.2) is 8.42 Å². The third kappa shape index (κ3) is 3.05. The van der Waals surface area contributed by atoms with Crippen LogP contribution in [0.2, 0.25) is 0 Å². The van der Waals surface area contributed by atoms with Gasteiger partial charge >= 0.3 is 0 Å². The van der Waals surface area contributed by atoms with Crippen molar-refractivity contribution in [3.05, 3.63) is 16.3 Å². The number of alkyl halides is 1. The summed E-state index contributed by atoms with van der Waals surface area (Å²) in [5.74, 6) is 0.364. The molecule has 1 fully saturated rings. The fourth-order valence-electron chi connectivity index (χ4n) is 1.98. The molecule has 1 aliphatic heterocycles. The maximum atomic E-state index is 12.4. The van der Waals surface area contributed by atoms with Crippen LogP contribution in [0, 0.1) is 0 Å². The van der Waals surface area contributed by atoms with Gasteiger partial charge in [0.1, 0.15) is 0 Å². The van der Waals surface area contributed by atoms with E-state index < -0.39 is 10.0 Å². The summed E-state index contributed by atoms with van der Waals surface area (Å²) in [6, 6.07) is 1.68. The molecule has 0 saturated carbocycles. The highest BCUT2D eigenvalue weighted by atomic mass is 35.5. The predicted molar refractivity (Wildman–Crippen MR) is 74.7 cm³/mol. The minimum absolute atomic E-state index is 0.364. The molecule has 0 amide bonds. The van der Waals surface area contributed by atoms with Crippen LogP contribution in [0.3, 0.4) is 0 Å². The van der Waals surface area contributed by atoms with Gasteiger partial charge in [-0.3, -0.25) is 0 Å². The molecule has 102 valence electrons. The first-order chi connectivity index (χ1) is 8.54. The Bertz CT molecular complexity index is 501. The van der Waals surface area contributed by atoms with Crippen LogP contribution in [0.4, 0.5) is 0 Å². The van der Waals surface area contributed by atoms with Gasteiger partial charge in [0, 0.05) is 29.9 Å². The number of halogens is 1. The summed E-state index contributed by atoms with van der Waals surface area (Å²) in [5, 5.41) is 1.68. The molecule has 0 N–H and O–H groups in total. The lowest BCUT2D eigenvalue weighted by Gasteiger charge is -2.19. The van der Waals surface area contributed by atoms with Crippen molar-refractivity contribution in [2.24, 2.45) is 0 Å². The number of likely N-dealkylation sites (N-methyl/N-ethyl adjacent to an activating group) is 1. The molecule has 1 aromatic heterocycles. The van der Waals surface area contributed by atoms with Crippen LogP contribution in [0.25, 0.3) is 0 Å². The molecule has 4 nitrogen and oxygen atoms in total. The summed E-state index contributed by atoms with van der Waals surface area (Å²) >= 11 is 7.11. The van der Waals surface area contributed by atoms with E-state index in [9.17, 15) is 8.42 Å². The minimum Gasteiger partial charge on any atom is -0.305 e. The monoisotopic (exact) mass is 308 g/mol. The van der Waals surface area contributed by atoms with Gasteiger partial charge in [-0.1, -0.05) is 0 Å². The molecule has 1 saturated heterocycles. The van der Waals surface area contributed by atoms with E-state index in [-0.39, 0.29) is 0 Å². The molecule has 2 rings (SSSR count). The van der Waals surface area contributed by atoms with E-state index >= 15 is 0 Å². The maximum absolute atomic E-state index is 12.4. The second-order valence-corrected chi connectivity index (χ2v) is 7.64. The average Bonchev–Trinajstić information content (AvgIpc) is 2.72. The first-order valence-corrected chi connectivity index (χ1v) is 8.71. The Morgan fingerprint density at radius 2 is 2.11 bits per heavy atom. The molecule has 2 heterocycles. The standard InChI is InChI=1S/C11H17ClN2O2S2/c1-13-3-2-4-14(6-5-13)18(15,16)11-7-10(8-12)17-9-11/h7,9H,2-6,8H2,1H3. The van der Waals surface area contributed by atoms with Gasteiger partial charge in [0.2, 0.25) is 10.0 Å². The van der Waals surface area contributed by atoms with E-state index in [1.54, 1.807) is 15.8 Å². The molecule has 0 aromatic carbocycles. The zero-order chi connectivity index (χ0) is 13.2. The van der Waals surface area contributed by atoms with Crippen LogP contribution in [0.5, 0.6) is 0 Å². The predicted octanol–water partition coefficient (Wildman–Crippen LogP) is 1.81. The first-order valence-electron chi connectivity index (χ1n) is 5.86. The van der Waals surface area contributed by atoms with E-state index in [2.05, 4.69) is 4.90 Å². The van der Waals surface area contributed by atoms with E-state index in [0.717, 1.165) is 24.4 Å². The van der Waals surface area contributed by atoms with Crippen molar-refractivity contribution in [3.63, 3.8) is 0 Å². The SMILES string of the molecule is CN1CCCN(S(=O)(=O)c2csc(CCl)c2)CC1. The van der Waals surface area contributed by atoms with E-state index in [1.807, 2.05) is 7.05 Å². The zero-order valence-electron chi connectivity index (χ0n) is 10.3. The van der Waals surface area contributed by atoms with Gasteiger partial charge in [0.05, 0.1) is 10.8 Å². The minimum atomic E-state index is -3.34. The molecule has 0 aliphatic carbocycles. The van der Waals surface area contributed by atoms with Crippen molar-refractivity contribution in [1.82, 2.24) is 9.21 Å². The molecular weight excluding hydrogens is 292 g/mol. The summed E-state index contributed by atoms with van der Waals surface area (Å²) in [6.07, 6.45) is 0.877. The van der Waals surface area contributed by atoms with Crippen LogP contribution in [-0.2, 0) is 15.9 Å². The quantitative estimate of drug-likeness (QED) is 0.800. The van der Waals surface area contributed by atoms with E-state index in [4.69, 9.17) is 11.6 Å². The highest BCUT2D eigenvalue weighted by molar-refractivity contribution is 7.89. The van der Waals surface area contributed by atoms with Crippen molar-refractivity contribution >= 4 is 33.0 Å². The number of nitrogens with zero attached hydrogens (tertiary/aromatic N) is 2. The Balaban J connectivity index is 2.19. The Labute approximate surface area is 117 Å². The van der Waals surface area contributed by atoms with Gasteiger partial charge in [-0.2, -0.15) is 4.31 Å². The van der Waals surface area contributed by atoms with Crippen LogP contribution >= 0.6 is 22.9 Å². The third-order valence-corrected chi connectivity index (χ3v) is 6.49. The summed E-state index contributed by atoms with van der Waals surface area (Å²) in [7, 11) is -1.32. The van der Waals surface area contributed by atoms with Crippen molar-refractivity contribution < 1.29 is 8.42 Å². The van der Waals surface area contributed by atoms with Gasteiger partial charge in [-0.05, 0) is 26.1 Å². The Kier molecular flexibility index (Phi) is 4.66. The molecule has 7 heteroatoms. The molecule has 0 bridgehead atoms. The topological polar surface area (TPSA) is 40.6 Å². The Morgan fingerprint density at radius 1 is 1.33 bits per heavy atom. The fraction of sp³-hybridized carbons (Fsp3) is 0.636. The second kappa shape index (κ2) is 5.88. The molecule has 0 unspecified atom stereocenters. The van der Waals surface area contributed by atoms with Gasteiger partial charge < -0.3 is 4.90 Å². The first kappa shape index (κ1) is 14.3. The molecule has 0 radical (unpaired) electrons. The summed E-state index contributed by atoms with van der Waals surface area (Å²) in [4.78, 5) is 3.43. The average molecular weight is 309 g/mol. The normalized spacial score (nSPS) is 19.9. The van der Waals surface area contributed by atoms with E-state index in [1.165, 1.54) is 11.3 Å². The largest absolute Gasteiger partial charge is 0.305 e. The van der Waals surface area contributed by atoms with Crippen LogP contribution in [-0.4, -0.2) is 50.8 Å². The van der Waals surface area contributed by atoms with Gasteiger partial charge in [0.15, 0.2) is 0 Å². The lowest BCUT2D eigenvalue weighted by atomic mass is 10.4. The zero-order valence-corrected chi connectivity index (χ0v) is 12.7. The van der Waals surface area contributed by atoms with Crippen molar-refractivity contribution in [2.45, 2.75) is 17.2 Å². The number of thiophene rings is 1. The van der Waals surface area contributed by atoms with Gasteiger partial charge in [-0.15, -0.1) is 22.9 Å².